The number of unbranched alkanes of at least 4 members (excludes halogenated alkanes) is 4. The summed E-state index contributed by atoms with van der Waals surface area (Å²) in [5.74, 6) is 3.19. The zero-order valence-electron chi connectivity index (χ0n) is 48.3. The zero-order valence-corrected chi connectivity index (χ0v) is 48.3. The van der Waals surface area contributed by atoms with Crippen molar-refractivity contribution in [2.75, 3.05) is 24.7 Å². The quantitative estimate of drug-likeness (QED) is 0.0506. The van der Waals surface area contributed by atoms with Gasteiger partial charge in [-0.25, -0.2) is 0 Å². The first-order valence-electron chi connectivity index (χ1n) is 30.2. The van der Waals surface area contributed by atoms with Gasteiger partial charge in [0.15, 0.2) is 0 Å². The maximum absolute atomic E-state index is 6.47. The van der Waals surface area contributed by atoms with Crippen molar-refractivity contribution >= 4 is 51.0 Å². The van der Waals surface area contributed by atoms with Gasteiger partial charge in [0.25, 0.3) is 0 Å². The lowest BCUT2D eigenvalue weighted by Crippen LogP contribution is -2.27. The summed E-state index contributed by atoms with van der Waals surface area (Å²) in [4.78, 5) is 2.43. The SMILES string of the molecule is C=Cc1ccc(OCCCCCCOc2ccc3c(c2)c2cc(-c4ccc(N(c5ccccc5)c5ccc6c(c5)C(CCCCC(CC)COc5ccc(C=C)cc5)(c5ccccc5)c5ccccc5-6)cc4)ccc2n3-c2ccccc2)cc1. The number of nitrogens with zero attached hydrogens (tertiary/aromatic N) is 2. The van der Waals surface area contributed by atoms with Crippen molar-refractivity contribution in [1.29, 1.82) is 0 Å². The van der Waals surface area contributed by atoms with Gasteiger partial charge in [0.2, 0.25) is 0 Å². The molecule has 0 saturated carbocycles. The Morgan fingerprint density at radius 3 is 1.68 bits per heavy atom. The highest BCUT2D eigenvalue weighted by molar-refractivity contribution is 6.11. The number of para-hydroxylation sites is 2. The van der Waals surface area contributed by atoms with Crippen LogP contribution in [-0.4, -0.2) is 24.4 Å². The highest BCUT2D eigenvalue weighted by Crippen LogP contribution is 2.56. The lowest BCUT2D eigenvalue weighted by Gasteiger charge is -2.34. The van der Waals surface area contributed by atoms with E-state index in [1.807, 2.05) is 36.4 Å². The number of fused-ring (bicyclic) bond motifs is 6. The van der Waals surface area contributed by atoms with Crippen molar-refractivity contribution < 1.29 is 14.2 Å². The van der Waals surface area contributed by atoms with Crippen molar-refractivity contribution in [1.82, 2.24) is 4.57 Å². The van der Waals surface area contributed by atoms with Gasteiger partial charge in [0.05, 0.1) is 30.9 Å². The van der Waals surface area contributed by atoms with Gasteiger partial charge in [0.1, 0.15) is 17.2 Å². The van der Waals surface area contributed by atoms with E-state index in [0.29, 0.717) is 19.1 Å². The third-order valence-corrected chi connectivity index (χ3v) is 17.2. The minimum absolute atomic E-state index is 0.327. The molecule has 0 radical (unpaired) electrons. The first kappa shape index (κ1) is 55.2. The maximum atomic E-state index is 6.47. The highest BCUT2D eigenvalue weighted by atomic mass is 16.5. The van der Waals surface area contributed by atoms with E-state index in [4.69, 9.17) is 14.2 Å². The number of aromatic nitrogens is 1. The fraction of sp³-hybridized carbons (Fsp3) is 0.190. The molecule has 0 aliphatic heterocycles. The van der Waals surface area contributed by atoms with Gasteiger partial charge in [-0.15, -0.1) is 0 Å². The molecule has 10 aromatic carbocycles. The molecule has 11 aromatic rings. The third-order valence-electron chi connectivity index (χ3n) is 17.2. The second kappa shape index (κ2) is 25.9. The van der Waals surface area contributed by atoms with Crippen LogP contribution in [0.5, 0.6) is 17.2 Å². The van der Waals surface area contributed by atoms with Crippen LogP contribution in [0, 0.1) is 5.92 Å². The summed E-state index contributed by atoms with van der Waals surface area (Å²) in [5.41, 5.74) is 17.7. The molecule has 0 bridgehead atoms. The fourth-order valence-electron chi connectivity index (χ4n) is 12.7. The van der Waals surface area contributed by atoms with Crippen LogP contribution in [0.25, 0.3) is 61.9 Å². The van der Waals surface area contributed by atoms with E-state index in [1.54, 1.807) is 0 Å². The second-order valence-electron chi connectivity index (χ2n) is 22.3. The van der Waals surface area contributed by atoms with Crippen LogP contribution in [0.3, 0.4) is 0 Å². The van der Waals surface area contributed by atoms with Crippen molar-refractivity contribution in [3.63, 3.8) is 0 Å². The van der Waals surface area contributed by atoms with Gasteiger partial charge in [-0.1, -0.05) is 191 Å². The average Bonchev–Trinajstić information content (AvgIpc) is 2.31. The predicted octanol–water partition coefficient (Wildman–Crippen LogP) is 21.2. The topological polar surface area (TPSA) is 35.9 Å². The number of hydrogen-bond donors (Lipinski definition) is 0. The molecule has 1 aliphatic carbocycles. The first-order valence-corrected chi connectivity index (χ1v) is 30.2. The Morgan fingerprint density at radius 2 is 1.00 bits per heavy atom. The number of ether oxygens (including phenoxy) is 3. The molecule has 1 aromatic heterocycles. The summed E-state index contributed by atoms with van der Waals surface area (Å²) in [6.07, 6.45) is 13.3. The van der Waals surface area contributed by atoms with E-state index >= 15 is 0 Å². The Bertz CT molecular complexity index is 3980. The lowest BCUT2D eigenvalue weighted by molar-refractivity contribution is 0.232. The molecule has 2 atom stereocenters. The molecule has 418 valence electrons. The van der Waals surface area contributed by atoms with Crippen molar-refractivity contribution in [3.8, 4) is 45.2 Å². The Labute approximate surface area is 496 Å². The molecule has 0 saturated heterocycles. The van der Waals surface area contributed by atoms with Gasteiger partial charge in [-0.05, 0) is 198 Å². The van der Waals surface area contributed by atoms with Crippen LogP contribution < -0.4 is 19.1 Å². The summed E-state index contributed by atoms with van der Waals surface area (Å²) in [5, 5.41) is 2.36. The first-order chi connectivity index (χ1) is 41.5. The molecular weight excluding hydrogens is 1020 g/mol. The van der Waals surface area contributed by atoms with Crippen LogP contribution in [-0.2, 0) is 5.41 Å². The molecule has 0 fully saturated rings. The Balaban J connectivity index is 0.810. The zero-order chi connectivity index (χ0) is 57.1. The molecule has 84 heavy (non-hydrogen) atoms. The summed E-state index contributed by atoms with van der Waals surface area (Å²) >= 11 is 0. The molecule has 1 heterocycles. The second-order valence-corrected chi connectivity index (χ2v) is 22.3. The molecular formula is C79H74N2O3. The van der Waals surface area contributed by atoms with E-state index in [0.717, 1.165) is 138 Å². The Kier molecular flexibility index (Phi) is 17.0. The standard InChI is InChI=1S/C79H74N2O3/c1-4-58-33-43-68(44-34-58)82-52-22-7-8-23-53-83-70-47-50-78-74(56-70)73-54-62(39-49-77(73)81(78)65-29-16-11-17-30-65)61-37-40-66(41-38-61)80(64-27-14-10-15-28-64)67-42-48-72-71-31-18-19-32-75(71)79(76(72)55-67,63-25-12-9-13-26-63)51-21-20-24-60(6-3)57-84-69-45-35-59(5-2)36-46-69/h4-5,9-19,25-50,54-56,60H,1-2,6-8,20-24,51-53,57H2,3H3. The van der Waals surface area contributed by atoms with Crippen molar-refractivity contribution in [3.05, 3.63) is 284 Å². The smallest absolute Gasteiger partial charge is 0.120 e. The summed E-state index contributed by atoms with van der Waals surface area (Å²) < 4.78 is 21.2. The third kappa shape index (κ3) is 11.7. The summed E-state index contributed by atoms with van der Waals surface area (Å²) in [6, 6.07) is 88.1. The van der Waals surface area contributed by atoms with Crippen LogP contribution in [0.1, 0.15) is 92.5 Å². The molecule has 1 aliphatic rings. The summed E-state index contributed by atoms with van der Waals surface area (Å²) in [7, 11) is 0. The fourth-order valence-corrected chi connectivity index (χ4v) is 12.7. The van der Waals surface area contributed by atoms with E-state index in [2.05, 4.69) is 248 Å². The van der Waals surface area contributed by atoms with Gasteiger partial charge < -0.3 is 23.7 Å². The largest absolute Gasteiger partial charge is 0.494 e. The summed E-state index contributed by atoms with van der Waals surface area (Å²) in [6.45, 7) is 12.1. The monoisotopic (exact) mass is 1100 g/mol. The van der Waals surface area contributed by atoms with Gasteiger partial charge in [-0.3, -0.25) is 0 Å². The van der Waals surface area contributed by atoms with Crippen LogP contribution in [0.2, 0.25) is 0 Å². The van der Waals surface area contributed by atoms with Gasteiger partial charge in [-0.2, -0.15) is 0 Å². The average molecular weight is 1100 g/mol. The Hall–Kier alpha value is -9.32. The minimum atomic E-state index is -0.327. The van der Waals surface area contributed by atoms with Gasteiger partial charge in [0, 0.05) is 38.9 Å². The Morgan fingerprint density at radius 1 is 0.452 bits per heavy atom. The molecule has 0 N–H and O–H groups in total. The van der Waals surface area contributed by atoms with E-state index in [9.17, 15) is 0 Å². The normalized spacial score (nSPS) is 13.7. The highest BCUT2D eigenvalue weighted by Gasteiger charge is 2.44. The molecule has 5 heteroatoms. The van der Waals surface area contributed by atoms with Crippen LogP contribution in [0.4, 0.5) is 17.1 Å². The molecule has 5 nitrogen and oxygen atoms in total. The molecule has 0 amide bonds. The van der Waals surface area contributed by atoms with Crippen LogP contribution in [0.15, 0.2) is 256 Å². The number of rotatable bonds is 26. The van der Waals surface area contributed by atoms with Crippen molar-refractivity contribution in [2.24, 2.45) is 5.92 Å². The van der Waals surface area contributed by atoms with Gasteiger partial charge >= 0.3 is 0 Å². The van der Waals surface area contributed by atoms with Crippen LogP contribution >= 0.6 is 0 Å². The number of benzene rings is 10. The lowest BCUT2D eigenvalue weighted by atomic mass is 9.69. The maximum Gasteiger partial charge on any atom is 0.120 e. The van der Waals surface area contributed by atoms with E-state index < -0.39 is 0 Å². The van der Waals surface area contributed by atoms with Crippen molar-refractivity contribution in [2.45, 2.75) is 70.1 Å². The van der Waals surface area contributed by atoms with E-state index in [-0.39, 0.29) is 5.41 Å². The number of hydrogen-bond acceptors (Lipinski definition) is 4. The van der Waals surface area contributed by atoms with E-state index in [1.165, 1.54) is 38.6 Å². The molecule has 2 unspecified atom stereocenters. The minimum Gasteiger partial charge on any atom is -0.494 e. The predicted molar refractivity (Wildman–Crippen MR) is 353 cm³/mol. The molecule has 0 spiro atoms. The number of anilines is 3. The molecule has 12 rings (SSSR count).